The number of aliphatic hydroxyl groups excluding tert-OH is 1. The molecule has 3 aromatic carbocycles. The van der Waals surface area contributed by atoms with Gasteiger partial charge in [-0.1, -0.05) is 67.1 Å². The highest BCUT2D eigenvalue weighted by molar-refractivity contribution is 6.30. The molecule has 7 heteroatoms. The first-order chi connectivity index (χ1) is 16.9. The number of hydrogen-bond donors (Lipinski definition) is 2. The molecule has 1 aliphatic rings. The van der Waals surface area contributed by atoms with E-state index >= 15 is 0 Å². The summed E-state index contributed by atoms with van der Waals surface area (Å²) in [6.45, 7) is 2.34. The van der Waals surface area contributed by atoms with Gasteiger partial charge in [0.05, 0.1) is 11.6 Å². The lowest BCUT2D eigenvalue weighted by Gasteiger charge is -2.28. The van der Waals surface area contributed by atoms with Gasteiger partial charge >= 0.3 is 0 Å². The number of anilines is 1. The molecule has 0 aliphatic carbocycles. The summed E-state index contributed by atoms with van der Waals surface area (Å²) >= 11 is 5.99. The Morgan fingerprint density at radius 2 is 1.74 bits per heavy atom. The molecule has 2 N–H and O–H groups in total. The van der Waals surface area contributed by atoms with E-state index in [2.05, 4.69) is 5.32 Å². The second-order valence-corrected chi connectivity index (χ2v) is 9.11. The van der Waals surface area contributed by atoms with Crippen LogP contribution in [0.1, 0.15) is 41.8 Å². The normalized spacial score (nSPS) is 16.1. The Labute approximate surface area is 209 Å². The monoisotopic (exact) mass is 490 g/mol. The van der Waals surface area contributed by atoms with E-state index in [1.807, 2.05) is 31.2 Å². The van der Waals surface area contributed by atoms with Gasteiger partial charge in [-0.05, 0) is 47.4 Å². The quantitative estimate of drug-likeness (QED) is 0.481. The number of aliphatic hydroxyl groups is 1. The molecule has 0 saturated carbocycles. The Bertz CT molecular complexity index is 1230. The number of halogens is 1. The zero-order valence-electron chi connectivity index (χ0n) is 19.4. The van der Waals surface area contributed by atoms with Gasteiger partial charge in [0.15, 0.2) is 11.9 Å². The highest BCUT2D eigenvalue weighted by Crippen LogP contribution is 2.31. The first-order valence-electron chi connectivity index (χ1n) is 11.6. The minimum atomic E-state index is -1.33. The Hall–Kier alpha value is -3.48. The molecule has 0 fully saturated rings. The number of ketones is 1. The van der Waals surface area contributed by atoms with Crippen molar-refractivity contribution in [3.63, 3.8) is 0 Å². The fourth-order valence-electron chi connectivity index (χ4n) is 4.29. The van der Waals surface area contributed by atoms with E-state index in [1.54, 1.807) is 48.5 Å². The van der Waals surface area contributed by atoms with Crippen molar-refractivity contribution < 1.29 is 19.5 Å². The van der Waals surface area contributed by atoms with Gasteiger partial charge < -0.3 is 15.3 Å². The van der Waals surface area contributed by atoms with E-state index in [4.69, 9.17) is 11.6 Å². The van der Waals surface area contributed by atoms with Gasteiger partial charge in [0.1, 0.15) is 0 Å². The van der Waals surface area contributed by atoms with Gasteiger partial charge in [0.25, 0.3) is 5.91 Å². The number of Topliss-reactive ketones (excluding diaryl/α,β-unsaturated/α-hetero) is 1. The van der Waals surface area contributed by atoms with E-state index < -0.39 is 17.9 Å². The van der Waals surface area contributed by atoms with Crippen LogP contribution < -0.4 is 5.32 Å². The number of benzene rings is 3. The van der Waals surface area contributed by atoms with Crippen molar-refractivity contribution in [2.45, 2.75) is 25.9 Å². The number of carbonyl (C=O) groups is 3. The number of nitrogens with one attached hydrogen (secondary N) is 1. The number of amides is 2. The number of carbonyl (C=O) groups excluding carboxylic acids is 3. The molecule has 0 bridgehead atoms. The standard InChI is InChI=1S/C28H27ClN2O4/c1-2-14-31(28(35)26(33)19-6-4-3-5-7-19)17-21-16-25(32)23-15-20(10-13-24(23)30-27(21)34)18-8-11-22(29)12-9-18/h3-13,15,21,26,33H,2,14,16-17H2,1H3,(H,30,34)/t21?,26-/m1/s1. The van der Waals surface area contributed by atoms with Crippen molar-refractivity contribution in [2.75, 3.05) is 18.4 Å². The van der Waals surface area contributed by atoms with Crippen LogP contribution >= 0.6 is 11.6 Å². The van der Waals surface area contributed by atoms with E-state index in [0.717, 1.165) is 11.1 Å². The van der Waals surface area contributed by atoms with Crippen LogP contribution in [0.25, 0.3) is 11.1 Å². The topological polar surface area (TPSA) is 86.7 Å². The van der Waals surface area contributed by atoms with Gasteiger partial charge in [-0.15, -0.1) is 0 Å². The summed E-state index contributed by atoms with van der Waals surface area (Å²) in [5, 5.41) is 14.1. The molecule has 1 aliphatic heterocycles. The molecule has 1 heterocycles. The molecule has 2 amide bonds. The zero-order valence-corrected chi connectivity index (χ0v) is 20.2. The smallest absolute Gasteiger partial charge is 0.256 e. The summed E-state index contributed by atoms with van der Waals surface area (Å²) in [5.41, 5.74) is 3.13. The van der Waals surface area contributed by atoms with E-state index in [9.17, 15) is 19.5 Å². The first kappa shape index (κ1) is 24.6. The molecule has 0 saturated heterocycles. The van der Waals surface area contributed by atoms with Crippen molar-refractivity contribution in [3.05, 3.63) is 88.9 Å². The lowest BCUT2D eigenvalue weighted by molar-refractivity contribution is -0.141. The molecular weight excluding hydrogens is 464 g/mol. The Kier molecular flexibility index (Phi) is 7.63. The van der Waals surface area contributed by atoms with Crippen LogP contribution in [0.2, 0.25) is 5.02 Å². The van der Waals surface area contributed by atoms with Crippen molar-refractivity contribution in [1.29, 1.82) is 0 Å². The summed E-state index contributed by atoms with van der Waals surface area (Å²) in [6.07, 6.45) is -0.704. The highest BCUT2D eigenvalue weighted by Gasteiger charge is 2.33. The maximum atomic E-state index is 13.2. The molecule has 2 atom stereocenters. The minimum absolute atomic E-state index is 0.0299. The predicted molar refractivity (Wildman–Crippen MR) is 136 cm³/mol. The number of hydrogen-bond acceptors (Lipinski definition) is 4. The first-order valence-corrected chi connectivity index (χ1v) is 12.0. The Balaban J connectivity index is 1.54. The summed E-state index contributed by atoms with van der Waals surface area (Å²) in [5.74, 6) is -1.71. The van der Waals surface area contributed by atoms with Crippen molar-refractivity contribution in [1.82, 2.24) is 4.90 Å². The largest absolute Gasteiger partial charge is 0.378 e. The number of fused-ring (bicyclic) bond motifs is 1. The van der Waals surface area contributed by atoms with Crippen LogP contribution in [0.4, 0.5) is 5.69 Å². The lowest BCUT2D eigenvalue weighted by Crippen LogP contribution is -2.42. The highest BCUT2D eigenvalue weighted by atomic mass is 35.5. The number of nitrogens with zero attached hydrogens (tertiary/aromatic N) is 1. The van der Waals surface area contributed by atoms with Gasteiger partial charge in [0, 0.05) is 30.1 Å². The fraction of sp³-hybridized carbons (Fsp3) is 0.250. The van der Waals surface area contributed by atoms with Gasteiger partial charge in [-0.2, -0.15) is 0 Å². The third kappa shape index (κ3) is 5.61. The molecule has 4 rings (SSSR count). The molecule has 0 spiro atoms. The van der Waals surface area contributed by atoms with Crippen molar-refractivity contribution in [2.24, 2.45) is 5.92 Å². The summed E-state index contributed by atoms with van der Waals surface area (Å²) in [4.78, 5) is 40.8. The van der Waals surface area contributed by atoms with E-state index in [-0.39, 0.29) is 24.7 Å². The Morgan fingerprint density at radius 1 is 1.06 bits per heavy atom. The van der Waals surface area contributed by atoms with Crippen LogP contribution in [0.15, 0.2) is 72.8 Å². The summed E-state index contributed by atoms with van der Waals surface area (Å²) < 4.78 is 0. The second-order valence-electron chi connectivity index (χ2n) is 8.68. The van der Waals surface area contributed by atoms with Crippen LogP contribution in [-0.4, -0.2) is 40.7 Å². The van der Waals surface area contributed by atoms with Crippen LogP contribution in [-0.2, 0) is 9.59 Å². The zero-order chi connectivity index (χ0) is 24.9. The average Bonchev–Trinajstić information content (AvgIpc) is 2.99. The fourth-order valence-corrected chi connectivity index (χ4v) is 4.42. The molecule has 0 aromatic heterocycles. The predicted octanol–water partition coefficient (Wildman–Crippen LogP) is 5.12. The van der Waals surface area contributed by atoms with Crippen LogP contribution in [0.5, 0.6) is 0 Å². The molecule has 1 unspecified atom stereocenters. The van der Waals surface area contributed by atoms with Gasteiger partial charge in [0.2, 0.25) is 5.91 Å². The van der Waals surface area contributed by atoms with Crippen molar-refractivity contribution in [3.8, 4) is 11.1 Å². The number of rotatable bonds is 7. The molecule has 0 radical (unpaired) electrons. The third-order valence-corrected chi connectivity index (χ3v) is 6.41. The van der Waals surface area contributed by atoms with Crippen LogP contribution in [0, 0.1) is 5.92 Å². The molecule has 180 valence electrons. The average molecular weight is 491 g/mol. The van der Waals surface area contributed by atoms with E-state index in [1.165, 1.54) is 4.90 Å². The van der Waals surface area contributed by atoms with Crippen LogP contribution in [0.3, 0.4) is 0 Å². The SMILES string of the molecule is CCCN(CC1CC(=O)c2cc(-c3ccc(Cl)cc3)ccc2NC1=O)C(=O)[C@H](O)c1ccccc1. The third-order valence-electron chi connectivity index (χ3n) is 6.15. The Morgan fingerprint density at radius 3 is 2.43 bits per heavy atom. The maximum absolute atomic E-state index is 13.2. The minimum Gasteiger partial charge on any atom is -0.378 e. The molecule has 3 aromatic rings. The second kappa shape index (κ2) is 10.8. The molecule has 6 nitrogen and oxygen atoms in total. The van der Waals surface area contributed by atoms with Gasteiger partial charge in [-0.25, -0.2) is 0 Å². The maximum Gasteiger partial charge on any atom is 0.256 e. The van der Waals surface area contributed by atoms with Crippen molar-refractivity contribution >= 4 is 34.9 Å². The molecular formula is C28H27ClN2O4. The van der Waals surface area contributed by atoms with E-state index in [0.29, 0.717) is 34.8 Å². The lowest BCUT2D eigenvalue weighted by atomic mass is 9.95. The summed E-state index contributed by atoms with van der Waals surface area (Å²) in [6, 6.07) is 21.3. The van der Waals surface area contributed by atoms with Gasteiger partial charge in [-0.3, -0.25) is 14.4 Å². The molecule has 35 heavy (non-hydrogen) atoms. The summed E-state index contributed by atoms with van der Waals surface area (Å²) in [7, 11) is 0.